The van der Waals surface area contributed by atoms with Crippen molar-refractivity contribution in [2.24, 2.45) is 0 Å². The van der Waals surface area contributed by atoms with Crippen LogP contribution in [0.4, 0.5) is 20.3 Å². The maximum absolute atomic E-state index is 14.2. The molecule has 3 aromatic rings. The van der Waals surface area contributed by atoms with E-state index < -0.39 is 11.6 Å². The lowest BCUT2D eigenvalue weighted by molar-refractivity contribution is 0.405. The van der Waals surface area contributed by atoms with Crippen molar-refractivity contribution in [2.45, 2.75) is 58.2 Å². The molecule has 1 unspecified atom stereocenters. The second-order valence-corrected chi connectivity index (χ2v) is 8.98. The third-order valence-corrected chi connectivity index (χ3v) is 6.36. The molecule has 5 rings (SSSR count). The summed E-state index contributed by atoms with van der Waals surface area (Å²) in [6, 6.07) is 9.51. The van der Waals surface area contributed by atoms with Crippen LogP contribution in [-0.2, 0) is 0 Å². The van der Waals surface area contributed by atoms with Gasteiger partial charge in [-0.3, -0.25) is 4.57 Å². The fraction of sp³-hybridized carbons (Fsp3) is 0.458. The maximum atomic E-state index is 14.2. The van der Waals surface area contributed by atoms with Gasteiger partial charge in [0.1, 0.15) is 5.82 Å². The first-order chi connectivity index (χ1) is 14.9. The first-order valence-electron chi connectivity index (χ1n) is 11.2. The van der Waals surface area contributed by atoms with Gasteiger partial charge in [0.05, 0.1) is 17.2 Å². The third-order valence-electron chi connectivity index (χ3n) is 6.36. The smallest absolute Gasteiger partial charge is 0.163 e. The molecule has 3 atom stereocenters. The molecule has 7 heteroatoms. The van der Waals surface area contributed by atoms with Crippen molar-refractivity contribution >= 4 is 22.4 Å². The number of nitrogens with zero attached hydrogens (tertiary/aromatic N) is 3. The summed E-state index contributed by atoms with van der Waals surface area (Å²) in [4.78, 5) is 7.31. The normalized spacial score (nSPS) is 22.9. The van der Waals surface area contributed by atoms with E-state index in [4.69, 9.17) is 4.98 Å². The highest BCUT2D eigenvalue weighted by molar-refractivity contribution is 5.86. The Morgan fingerprint density at radius 1 is 1.06 bits per heavy atom. The number of unbranched alkanes of at least 4 members (excludes halogenated alkanes) is 1. The number of pyridine rings is 1. The molecule has 5 nitrogen and oxygen atoms in total. The first-order valence-corrected chi connectivity index (χ1v) is 11.2. The molecule has 1 saturated heterocycles. The fourth-order valence-corrected chi connectivity index (χ4v) is 5.02. The lowest BCUT2D eigenvalue weighted by Gasteiger charge is -2.37. The van der Waals surface area contributed by atoms with E-state index in [2.05, 4.69) is 48.4 Å². The summed E-state index contributed by atoms with van der Waals surface area (Å²) in [6.45, 7) is 8.27. The molecule has 2 aliphatic rings. The largest absolute Gasteiger partial charge is 0.374 e. The summed E-state index contributed by atoms with van der Waals surface area (Å²) < 4.78 is 30.2. The van der Waals surface area contributed by atoms with Crippen LogP contribution in [0.25, 0.3) is 16.7 Å². The standard InChI is InChI=1S/C24H29F2N5/c1-4-5-6-19-22-10-16-9-17(25)18(26)11-21(16)31(22)24-20(28-19)7-8-23(29-24)30-12-14(2)27-15(3)13-30/h7-11,14-15,19,27-28H,4-6,12-13H2,1-3H3/t14-,15+,19?. The van der Waals surface area contributed by atoms with Gasteiger partial charge in [-0.2, -0.15) is 0 Å². The van der Waals surface area contributed by atoms with Crippen molar-refractivity contribution < 1.29 is 8.78 Å². The summed E-state index contributed by atoms with van der Waals surface area (Å²) >= 11 is 0. The average Bonchev–Trinajstić information content (AvgIpc) is 3.10. The second kappa shape index (κ2) is 7.79. The van der Waals surface area contributed by atoms with E-state index in [0.717, 1.165) is 55.4 Å². The van der Waals surface area contributed by atoms with Crippen molar-refractivity contribution in [1.29, 1.82) is 0 Å². The molecule has 0 bridgehead atoms. The van der Waals surface area contributed by atoms with Crippen molar-refractivity contribution in [1.82, 2.24) is 14.9 Å². The number of piperazine rings is 1. The molecule has 2 aliphatic heterocycles. The van der Waals surface area contributed by atoms with E-state index in [9.17, 15) is 8.78 Å². The number of benzene rings is 1. The molecule has 1 aromatic carbocycles. The topological polar surface area (TPSA) is 45.1 Å². The van der Waals surface area contributed by atoms with Crippen LogP contribution in [0.5, 0.6) is 0 Å². The minimum atomic E-state index is -0.834. The number of aromatic nitrogens is 2. The van der Waals surface area contributed by atoms with Crippen LogP contribution < -0.4 is 15.5 Å². The van der Waals surface area contributed by atoms with Crippen LogP contribution in [0.1, 0.15) is 51.8 Å². The predicted octanol–water partition coefficient (Wildman–Crippen LogP) is 5.15. The van der Waals surface area contributed by atoms with Crippen molar-refractivity contribution in [3.8, 4) is 5.82 Å². The summed E-state index contributed by atoms with van der Waals surface area (Å²) in [5, 5.41) is 7.87. The Hall–Kier alpha value is -2.67. The minimum absolute atomic E-state index is 0.0813. The molecule has 1 fully saturated rings. The zero-order chi connectivity index (χ0) is 21.7. The summed E-state index contributed by atoms with van der Waals surface area (Å²) in [5.74, 6) is 0.00183. The molecule has 0 radical (unpaired) electrons. The molecule has 0 amide bonds. The maximum Gasteiger partial charge on any atom is 0.163 e. The van der Waals surface area contributed by atoms with Gasteiger partial charge in [-0.25, -0.2) is 13.8 Å². The third kappa shape index (κ3) is 3.55. The highest BCUT2D eigenvalue weighted by atomic mass is 19.2. The van der Waals surface area contributed by atoms with E-state index in [1.807, 2.05) is 10.6 Å². The Morgan fingerprint density at radius 2 is 1.81 bits per heavy atom. The average molecular weight is 426 g/mol. The molecule has 0 saturated carbocycles. The Bertz CT molecular complexity index is 1110. The summed E-state index contributed by atoms with van der Waals surface area (Å²) in [5.41, 5.74) is 2.59. The van der Waals surface area contributed by atoms with E-state index in [1.165, 1.54) is 12.1 Å². The number of halogens is 2. The van der Waals surface area contributed by atoms with Gasteiger partial charge in [0.25, 0.3) is 0 Å². The van der Waals surface area contributed by atoms with Crippen molar-refractivity contribution in [2.75, 3.05) is 23.3 Å². The molecule has 164 valence electrons. The summed E-state index contributed by atoms with van der Waals surface area (Å²) in [6.07, 6.45) is 3.11. The SMILES string of the molecule is CCCCC1Nc2ccc(N3C[C@@H](C)N[C@@H](C)C3)nc2-n2c1cc1cc(F)c(F)cc12. The van der Waals surface area contributed by atoms with Crippen LogP contribution in [0, 0.1) is 11.6 Å². The van der Waals surface area contributed by atoms with Gasteiger partial charge in [-0.05, 0) is 44.5 Å². The van der Waals surface area contributed by atoms with Crippen molar-refractivity contribution in [3.63, 3.8) is 0 Å². The monoisotopic (exact) mass is 425 g/mol. The lowest BCUT2D eigenvalue weighted by atomic mass is 10.0. The zero-order valence-corrected chi connectivity index (χ0v) is 18.3. The zero-order valence-electron chi connectivity index (χ0n) is 18.3. The van der Waals surface area contributed by atoms with Crippen LogP contribution in [0.2, 0.25) is 0 Å². The van der Waals surface area contributed by atoms with Gasteiger partial charge in [-0.15, -0.1) is 0 Å². The number of anilines is 2. The van der Waals surface area contributed by atoms with E-state index in [0.29, 0.717) is 23.0 Å². The first kappa shape index (κ1) is 20.2. The Morgan fingerprint density at radius 3 is 2.55 bits per heavy atom. The van der Waals surface area contributed by atoms with E-state index >= 15 is 0 Å². The number of hydrogen-bond donors (Lipinski definition) is 2. The van der Waals surface area contributed by atoms with Gasteiger partial charge in [0, 0.05) is 42.3 Å². The van der Waals surface area contributed by atoms with Gasteiger partial charge in [0.15, 0.2) is 17.5 Å². The summed E-state index contributed by atoms with van der Waals surface area (Å²) in [7, 11) is 0. The lowest BCUT2D eigenvalue weighted by Crippen LogP contribution is -2.54. The molecular formula is C24H29F2N5. The highest BCUT2D eigenvalue weighted by Gasteiger charge is 2.29. The number of fused-ring (bicyclic) bond motifs is 5. The van der Waals surface area contributed by atoms with Crippen LogP contribution >= 0.6 is 0 Å². The number of nitrogens with one attached hydrogen (secondary N) is 2. The van der Waals surface area contributed by atoms with Gasteiger partial charge < -0.3 is 15.5 Å². The Kier molecular flexibility index (Phi) is 5.08. The molecule has 2 N–H and O–H groups in total. The molecule has 31 heavy (non-hydrogen) atoms. The van der Waals surface area contributed by atoms with Crippen LogP contribution in [-0.4, -0.2) is 34.7 Å². The molecule has 0 spiro atoms. The predicted molar refractivity (Wildman–Crippen MR) is 121 cm³/mol. The van der Waals surface area contributed by atoms with Gasteiger partial charge in [0.2, 0.25) is 0 Å². The van der Waals surface area contributed by atoms with Crippen LogP contribution in [0.3, 0.4) is 0 Å². The second-order valence-electron chi connectivity index (χ2n) is 8.98. The van der Waals surface area contributed by atoms with E-state index in [-0.39, 0.29) is 6.04 Å². The number of hydrogen-bond acceptors (Lipinski definition) is 4. The van der Waals surface area contributed by atoms with Crippen molar-refractivity contribution in [3.05, 3.63) is 47.7 Å². The fourth-order valence-electron chi connectivity index (χ4n) is 5.02. The van der Waals surface area contributed by atoms with E-state index in [1.54, 1.807) is 0 Å². The van der Waals surface area contributed by atoms with Gasteiger partial charge in [-0.1, -0.05) is 19.8 Å². The van der Waals surface area contributed by atoms with Crippen LogP contribution in [0.15, 0.2) is 30.3 Å². The molecule has 4 heterocycles. The minimum Gasteiger partial charge on any atom is -0.374 e. The Balaban J connectivity index is 1.64. The van der Waals surface area contributed by atoms with Gasteiger partial charge >= 0.3 is 0 Å². The molecule has 2 aromatic heterocycles. The molecule has 0 aliphatic carbocycles. The molecular weight excluding hydrogens is 396 g/mol. The highest BCUT2D eigenvalue weighted by Crippen LogP contribution is 2.40. The quantitative estimate of drug-likeness (QED) is 0.607. The number of rotatable bonds is 4. The Labute approximate surface area is 181 Å².